The van der Waals surface area contributed by atoms with Crippen molar-refractivity contribution in [3.8, 4) is 11.4 Å². The maximum Gasteiger partial charge on any atom is 0.182 e. The van der Waals surface area contributed by atoms with Gasteiger partial charge in [-0.1, -0.05) is 29.8 Å². The number of anilines is 1. The molecule has 0 saturated heterocycles. The van der Waals surface area contributed by atoms with E-state index in [2.05, 4.69) is 45.3 Å². The first-order chi connectivity index (χ1) is 10.1. The van der Waals surface area contributed by atoms with E-state index in [0.717, 1.165) is 23.1 Å². The van der Waals surface area contributed by atoms with Crippen LogP contribution in [-0.4, -0.2) is 33.4 Å². The Balaban J connectivity index is 1.98. The second-order valence-electron chi connectivity index (χ2n) is 5.29. The number of tetrazole rings is 1. The molecule has 1 aromatic heterocycles. The molecule has 2 N–H and O–H groups in total. The van der Waals surface area contributed by atoms with Crippen LogP contribution in [0.4, 0.5) is 5.69 Å². The van der Waals surface area contributed by atoms with E-state index >= 15 is 0 Å². The summed E-state index contributed by atoms with van der Waals surface area (Å²) in [4.78, 5) is 0. The van der Waals surface area contributed by atoms with Gasteiger partial charge in [-0.05, 0) is 41.0 Å². The molecule has 0 aliphatic carbocycles. The molecule has 6 nitrogen and oxygen atoms in total. The van der Waals surface area contributed by atoms with Crippen molar-refractivity contribution in [1.29, 1.82) is 0 Å². The highest BCUT2D eigenvalue weighted by Crippen LogP contribution is 2.24. The molecule has 0 fully saturated rings. The molecule has 0 unspecified atom stereocenters. The van der Waals surface area contributed by atoms with E-state index in [1.807, 2.05) is 18.2 Å². The highest BCUT2D eigenvalue weighted by Gasteiger charge is 2.10. The van der Waals surface area contributed by atoms with Gasteiger partial charge in [0.15, 0.2) is 5.82 Å². The predicted octanol–water partition coefficient (Wildman–Crippen LogP) is 2.75. The van der Waals surface area contributed by atoms with E-state index < -0.39 is 0 Å². The van der Waals surface area contributed by atoms with Gasteiger partial charge < -0.3 is 10.5 Å². The Morgan fingerprint density at radius 3 is 2.81 bits per heavy atom. The summed E-state index contributed by atoms with van der Waals surface area (Å²) in [6.45, 7) is 6.33. The van der Waals surface area contributed by atoms with E-state index in [9.17, 15) is 0 Å². The standard InChI is InChI=1S/C14H20BrN5O/c1-10(2)3-5-21-6-4-20-14(17-18-19-20)11-7-12(15)9-13(16)8-11/h7-10H,3-6,16H2,1-2H3. The minimum atomic E-state index is 0.592. The van der Waals surface area contributed by atoms with Crippen LogP contribution in [0.15, 0.2) is 22.7 Å². The first-order valence-electron chi connectivity index (χ1n) is 6.96. The monoisotopic (exact) mass is 353 g/mol. The van der Waals surface area contributed by atoms with Crippen molar-refractivity contribution in [2.24, 2.45) is 5.92 Å². The minimum absolute atomic E-state index is 0.592. The zero-order chi connectivity index (χ0) is 15.2. The lowest BCUT2D eigenvalue weighted by atomic mass is 10.1. The molecule has 0 aliphatic heterocycles. The molecule has 1 heterocycles. The summed E-state index contributed by atoms with van der Waals surface area (Å²) < 4.78 is 8.24. The van der Waals surface area contributed by atoms with Crippen molar-refractivity contribution >= 4 is 21.6 Å². The van der Waals surface area contributed by atoms with Crippen molar-refractivity contribution < 1.29 is 4.74 Å². The third kappa shape index (κ3) is 4.78. The number of aromatic nitrogens is 4. The van der Waals surface area contributed by atoms with Gasteiger partial charge in [-0.3, -0.25) is 0 Å². The van der Waals surface area contributed by atoms with Crippen LogP contribution < -0.4 is 5.73 Å². The minimum Gasteiger partial charge on any atom is -0.399 e. The quantitative estimate of drug-likeness (QED) is 0.611. The first-order valence-corrected chi connectivity index (χ1v) is 7.76. The van der Waals surface area contributed by atoms with E-state index in [4.69, 9.17) is 10.5 Å². The number of rotatable bonds is 7. The molecule has 2 aromatic rings. The summed E-state index contributed by atoms with van der Waals surface area (Å²) >= 11 is 3.43. The molecule has 0 bridgehead atoms. The molecule has 0 atom stereocenters. The number of nitrogens with two attached hydrogens (primary N) is 1. The average Bonchev–Trinajstić information content (AvgIpc) is 2.85. The van der Waals surface area contributed by atoms with Gasteiger partial charge >= 0.3 is 0 Å². The Morgan fingerprint density at radius 1 is 1.29 bits per heavy atom. The second-order valence-corrected chi connectivity index (χ2v) is 6.21. The molecule has 0 amide bonds. The largest absolute Gasteiger partial charge is 0.399 e. The second kappa shape index (κ2) is 7.51. The Kier molecular flexibility index (Phi) is 5.69. The molecule has 0 spiro atoms. The van der Waals surface area contributed by atoms with Gasteiger partial charge in [0, 0.05) is 22.3 Å². The smallest absolute Gasteiger partial charge is 0.182 e. The SMILES string of the molecule is CC(C)CCOCCn1nnnc1-c1cc(N)cc(Br)c1. The van der Waals surface area contributed by atoms with Gasteiger partial charge in [0.2, 0.25) is 0 Å². The lowest BCUT2D eigenvalue weighted by Crippen LogP contribution is -2.10. The lowest BCUT2D eigenvalue weighted by Gasteiger charge is -2.08. The predicted molar refractivity (Wildman–Crippen MR) is 85.6 cm³/mol. The number of hydrogen-bond acceptors (Lipinski definition) is 5. The van der Waals surface area contributed by atoms with E-state index in [1.54, 1.807) is 4.68 Å². The van der Waals surface area contributed by atoms with E-state index in [1.165, 1.54) is 0 Å². The molecule has 0 aliphatic rings. The lowest BCUT2D eigenvalue weighted by molar-refractivity contribution is 0.114. The van der Waals surface area contributed by atoms with Crippen LogP contribution in [0.25, 0.3) is 11.4 Å². The molecule has 7 heteroatoms. The van der Waals surface area contributed by atoms with Crippen molar-refractivity contribution in [1.82, 2.24) is 20.2 Å². The number of benzene rings is 1. The van der Waals surface area contributed by atoms with Crippen molar-refractivity contribution in [2.45, 2.75) is 26.8 Å². The zero-order valence-corrected chi connectivity index (χ0v) is 13.9. The summed E-state index contributed by atoms with van der Waals surface area (Å²) in [5, 5.41) is 11.8. The summed E-state index contributed by atoms with van der Waals surface area (Å²) in [5.41, 5.74) is 7.40. The molecular weight excluding hydrogens is 334 g/mol. The molecule has 0 saturated carbocycles. The molecule has 0 radical (unpaired) electrons. The van der Waals surface area contributed by atoms with Gasteiger partial charge in [0.1, 0.15) is 0 Å². The fourth-order valence-corrected chi connectivity index (χ4v) is 2.39. The maximum atomic E-state index is 5.85. The van der Waals surface area contributed by atoms with Gasteiger partial charge in [-0.15, -0.1) is 5.10 Å². The van der Waals surface area contributed by atoms with Crippen LogP contribution in [-0.2, 0) is 11.3 Å². The molecule has 114 valence electrons. The van der Waals surface area contributed by atoms with Crippen LogP contribution in [0.2, 0.25) is 0 Å². The van der Waals surface area contributed by atoms with Crippen LogP contribution in [0.1, 0.15) is 20.3 Å². The Morgan fingerprint density at radius 2 is 2.10 bits per heavy atom. The average molecular weight is 354 g/mol. The number of hydrogen-bond donors (Lipinski definition) is 1. The van der Waals surface area contributed by atoms with Crippen molar-refractivity contribution in [2.75, 3.05) is 18.9 Å². The Labute approximate surface area is 132 Å². The number of nitrogens with zero attached hydrogens (tertiary/aromatic N) is 4. The third-order valence-electron chi connectivity index (χ3n) is 3.00. The van der Waals surface area contributed by atoms with E-state index in [-0.39, 0.29) is 0 Å². The summed E-state index contributed by atoms with van der Waals surface area (Å²) in [6.07, 6.45) is 1.06. The summed E-state index contributed by atoms with van der Waals surface area (Å²) in [7, 11) is 0. The fraction of sp³-hybridized carbons (Fsp3) is 0.500. The highest BCUT2D eigenvalue weighted by atomic mass is 79.9. The van der Waals surface area contributed by atoms with Crippen LogP contribution in [0.3, 0.4) is 0 Å². The van der Waals surface area contributed by atoms with Crippen LogP contribution >= 0.6 is 15.9 Å². The summed E-state index contributed by atoms with van der Waals surface area (Å²) in [6, 6.07) is 5.64. The Hall–Kier alpha value is -1.47. The number of nitrogen functional groups attached to an aromatic ring is 1. The van der Waals surface area contributed by atoms with Gasteiger partial charge in [-0.25, -0.2) is 4.68 Å². The van der Waals surface area contributed by atoms with Gasteiger partial charge in [0.05, 0.1) is 13.2 Å². The van der Waals surface area contributed by atoms with Gasteiger partial charge in [-0.2, -0.15) is 0 Å². The van der Waals surface area contributed by atoms with Crippen LogP contribution in [0.5, 0.6) is 0 Å². The molecular formula is C14H20BrN5O. The number of halogens is 1. The fourth-order valence-electron chi connectivity index (χ4n) is 1.88. The highest BCUT2D eigenvalue weighted by molar-refractivity contribution is 9.10. The third-order valence-corrected chi connectivity index (χ3v) is 3.46. The Bertz CT molecular complexity index is 564. The molecule has 2 rings (SSSR count). The topological polar surface area (TPSA) is 78.8 Å². The van der Waals surface area contributed by atoms with Gasteiger partial charge in [0.25, 0.3) is 0 Å². The number of ether oxygens (including phenoxy) is 1. The maximum absolute atomic E-state index is 5.85. The zero-order valence-electron chi connectivity index (χ0n) is 12.3. The molecule has 21 heavy (non-hydrogen) atoms. The summed E-state index contributed by atoms with van der Waals surface area (Å²) in [5.74, 6) is 1.34. The first kappa shape index (κ1) is 15.9. The van der Waals surface area contributed by atoms with Crippen molar-refractivity contribution in [3.63, 3.8) is 0 Å². The van der Waals surface area contributed by atoms with Crippen molar-refractivity contribution in [3.05, 3.63) is 22.7 Å². The van der Waals surface area contributed by atoms with Crippen LogP contribution in [0, 0.1) is 5.92 Å². The van der Waals surface area contributed by atoms with E-state index in [0.29, 0.717) is 30.6 Å². The molecule has 1 aromatic carbocycles. The normalized spacial score (nSPS) is 11.2.